The molecule has 1 aromatic heterocycles. The molecule has 0 bridgehead atoms. The first-order valence-corrected chi connectivity index (χ1v) is 20.9. The zero-order chi connectivity index (χ0) is 42.3. The molecule has 14 nitrogen and oxygen atoms in total. The maximum Gasteiger partial charge on any atom is 0.330 e. The average molecular weight is 831 g/mol. The monoisotopic (exact) mass is 830 g/mol. The van der Waals surface area contributed by atoms with E-state index in [0.717, 1.165) is 16.7 Å². The number of methoxy groups -OCH3 is 3. The molecule has 0 aliphatic carbocycles. The van der Waals surface area contributed by atoms with Gasteiger partial charge in [-0.1, -0.05) is 54.6 Å². The van der Waals surface area contributed by atoms with E-state index in [1.54, 1.807) is 28.3 Å². The summed E-state index contributed by atoms with van der Waals surface area (Å²) >= 11 is 0. The van der Waals surface area contributed by atoms with E-state index in [2.05, 4.69) is 43.4 Å². The summed E-state index contributed by atoms with van der Waals surface area (Å²) in [5.41, 5.74) is -0.871. The van der Waals surface area contributed by atoms with Crippen LogP contribution in [0.4, 0.5) is 0 Å². The zero-order valence-corrected chi connectivity index (χ0v) is 35.8. The quantitative estimate of drug-likeness (QED) is 0.0615. The molecule has 2 saturated heterocycles. The Balaban J connectivity index is 1.55. The number of H-pyrrole nitrogens is 1. The molecule has 316 valence electrons. The van der Waals surface area contributed by atoms with Crippen molar-refractivity contribution in [3.8, 4) is 17.6 Å². The number of hydrogen-bond donors (Lipinski definition) is 1. The molecule has 2 aliphatic rings. The van der Waals surface area contributed by atoms with Crippen LogP contribution in [0.5, 0.6) is 11.5 Å². The molecule has 0 radical (unpaired) electrons. The molecule has 6 rings (SSSR count). The number of nitrogens with one attached hydrogen (secondary N) is 1. The fourth-order valence-electron chi connectivity index (χ4n) is 8.12. The number of nitriles is 1. The third-order valence-electron chi connectivity index (χ3n) is 10.8. The molecular weight excluding hydrogens is 775 g/mol. The van der Waals surface area contributed by atoms with Crippen molar-refractivity contribution >= 4 is 8.53 Å². The minimum atomic E-state index is -1.86. The number of nitrogens with zero attached hydrogens (tertiary/aromatic N) is 3. The predicted octanol–water partition coefficient (Wildman–Crippen LogP) is 6.60. The van der Waals surface area contributed by atoms with Gasteiger partial charge in [0.05, 0.1) is 52.6 Å². The van der Waals surface area contributed by atoms with E-state index in [4.69, 9.17) is 37.5 Å². The molecule has 15 heteroatoms. The molecule has 0 spiro atoms. The molecule has 59 heavy (non-hydrogen) atoms. The second-order valence-electron chi connectivity index (χ2n) is 15.2. The van der Waals surface area contributed by atoms with Gasteiger partial charge >= 0.3 is 5.69 Å². The first-order valence-electron chi connectivity index (χ1n) is 19.8. The Morgan fingerprint density at radius 2 is 1.49 bits per heavy atom. The van der Waals surface area contributed by atoms with Crippen molar-refractivity contribution in [1.29, 1.82) is 5.26 Å². The van der Waals surface area contributed by atoms with Crippen LogP contribution in [0.3, 0.4) is 0 Å². The van der Waals surface area contributed by atoms with Crippen molar-refractivity contribution < 1.29 is 37.5 Å². The summed E-state index contributed by atoms with van der Waals surface area (Å²) in [6.45, 7) is 10.2. The zero-order valence-electron chi connectivity index (χ0n) is 35.0. The number of aromatic amines is 1. The van der Waals surface area contributed by atoms with E-state index in [1.807, 2.05) is 78.9 Å². The van der Waals surface area contributed by atoms with Crippen molar-refractivity contribution in [2.24, 2.45) is 0 Å². The van der Waals surface area contributed by atoms with Crippen LogP contribution in [-0.4, -0.2) is 91.4 Å². The van der Waals surface area contributed by atoms with E-state index in [-0.39, 0.29) is 38.3 Å². The summed E-state index contributed by atoms with van der Waals surface area (Å²) in [6.07, 6.45) is -1.36. The SMILES string of the molecule is COC[C@H]1C[C@]2(OP(OCCC#N)N(C(C)C)C(C)C)[C@H](O1)[C@H](n1cc(C)c(=O)[nH]c1=O)O[C@@H]2COC(c1ccccc1)(c1ccc(OC)cc1)c1ccc(OC)cc1. The molecule has 2 aliphatic heterocycles. The third-order valence-corrected chi connectivity index (χ3v) is 13.0. The molecule has 6 atom stereocenters. The number of fused-ring (bicyclic) bond motifs is 1. The highest BCUT2D eigenvalue weighted by Gasteiger charge is 2.66. The maximum atomic E-state index is 13.6. The predicted molar refractivity (Wildman–Crippen MR) is 222 cm³/mol. The Morgan fingerprint density at radius 3 is 2.03 bits per heavy atom. The molecule has 3 aromatic carbocycles. The molecule has 1 N–H and O–H groups in total. The van der Waals surface area contributed by atoms with Gasteiger partial charge in [-0.2, -0.15) is 5.26 Å². The van der Waals surface area contributed by atoms with Crippen molar-refractivity contribution in [3.63, 3.8) is 0 Å². The van der Waals surface area contributed by atoms with Gasteiger partial charge in [-0.25, -0.2) is 9.46 Å². The van der Waals surface area contributed by atoms with Gasteiger partial charge < -0.3 is 37.5 Å². The van der Waals surface area contributed by atoms with Gasteiger partial charge in [0.2, 0.25) is 0 Å². The number of aryl methyl sites for hydroxylation is 1. The fourth-order valence-corrected chi connectivity index (χ4v) is 9.99. The average Bonchev–Trinajstić information content (AvgIpc) is 3.72. The lowest BCUT2D eigenvalue weighted by molar-refractivity contribution is -0.124. The lowest BCUT2D eigenvalue weighted by Gasteiger charge is -2.43. The first-order chi connectivity index (χ1) is 28.4. The van der Waals surface area contributed by atoms with Gasteiger partial charge in [-0.05, 0) is 75.6 Å². The Bertz CT molecular complexity index is 2080. The number of hydrogen-bond acceptors (Lipinski definition) is 12. The summed E-state index contributed by atoms with van der Waals surface area (Å²) < 4.78 is 55.4. The Hall–Kier alpha value is -4.42. The summed E-state index contributed by atoms with van der Waals surface area (Å²) in [7, 11) is 2.99. The molecule has 1 unspecified atom stereocenters. The Kier molecular flexibility index (Phi) is 14.4. The van der Waals surface area contributed by atoms with Gasteiger partial charge in [0, 0.05) is 37.4 Å². The third kappa shape index (κ3) is 9.04. The number of aromatic nitrogens is 2. The van der Waals surface area contributed by atoms with Crippen molar-refractivity contribution in [1.82, 2.24) is 14.2 Å². The summed E-state index contributed by atoms with van der Waals surface area (Å²) in [5.74, 6) is 1.36. The second-order valence-corrected chi connectivity index (χ2v) is 16.6. The van der Waals surface area contributed by atoms with E-state index in [0.29, 0.717) is 23.5 Å². The van der Waals surface area contributed by atoms with Crippen LogP contribution in [-0.2, 0) is 33.6 Å². The van der Waals surface area contributed by atoms with Crippen molar-refractivity contribution in [2.75, 3.05) is 41.2 Å². The minimum Gasteiger partial charge on any atom is -0.497 e. The van der Waals surface area contributed by atoms with Gasteiger partial charge in [0.1, 0.15) is 34.9 Å². The van der Waals surface area contributed by atoms with Gasteiger partial charge in [0.25, 0.3) is 14.1 Å². The van der Waals surface area contributed by atoms with E-state index < -0.39 is 55.5 Å². The van der Waals surface area contributed by atoms with Crippen LogP contribution in [0.2, 0.25) is 0 Å². The van der Waals surface area contributed by atoms with Crippen LogP contribution in [0, 0.1) is 18.3 Å². The van der Waals surface area contributed by atoms with Crippen LogP contribution in [0.15, 0.2) is 94.6 Å². The highest BCUT2D eigenvalue weighted by molar-refractivity contribution is 7.44. The van der Waals surface area contributed by atoms with Gasteiger partial charge in [-0.3, -0.25) is 14.3 Å². The van der Waals surface area contributed by atoms with Crippen LogP contribution < -0.4 is 20.7 Å². The lowest BCUT2D eigenvalue weighted by Crippen LogP contribution is -2.51. The topological polar surface area (TPSA) is 156 Å². The van der Waals surface area contributed by atoms with Gasteiger partial charge in [0.15, 0.2) is 6.23 Å². The van der Waals surface area contributed by atoms with E-state index >= 15 is 0 Å². The number of rotatable bonds is 19. The van der Waals surface area contributed by atoms with E-state index in [9.17, 15) is 14.9 Å². The number of benzene rings is 3. The van der Waals surface area contributed by atoms with Crippen molar-refractivity contribution in [3.05, 3.63) is 128 Å². The maximum absolute atomic E-state index is 13.6. The Morgan fingerprint density at radius 1 is 0.898 bits per heavy atom. The van der Waals surface area contributed by atoms with E-state index in [1.165, 1.54) is 10.8 Å². The standard InChI is InChI=1S/C44H55N4O10P/c1-29(2)48(30(3)4)59(55-24-12-23-45)58-43-25-37(27-51-6)56-39(43)41(47-26-31(5)40(49)46-42(47)50)57-38(43)28-54-44(32-13-10-9-11-14-32,33-15-19-35(52-7)20-16-33)34-17-21-36(53-8)22-18-34/h9-11,13-22,26,29-30,37-39,41H,12,24-25,27-28H2,1-8H3,(H,46,49,50)/t37-,38-,39-,41-,43-,59?/m1/s1. The van der Waals surface area contributed by atoms with Crippen LogP contribution in [0.1, 0.15) is 69.0 Å². The fraction of sp³-hybridized carbons (Fsp3) is 0.477. The van der Waals surface area contributed by atoms with Gasteiger partial charge in [-0.15, -0.1) is 0 Å². The lowest BCUT2D eigenvalue weighted by atomic mass is 9.79. The van der Waals surface area contributed by atoms with Crippen molar-refractivity contribution in [2.45, 2.75) is 95.3 Å². The normalized spacial score (nSPS) is 22.1. The van der Waals surface area contributed by atoms with Crippen LogP contribution in [0.25, 0.3) is 0 Å². The Labute approximate surface area is 346 Å². The molecule has 0 amide bonds. The molecule has 4 aromatic rings. The minimum absolute atomic E-state index is 0.0108. The highest BCUT2D eigenvalue weighted by atomic mass is 31.2. The highest BCUT2D eigenvalue weighted by Crippen LogP contribution is 2.59. The second kappa shape index (κ2) is 19.3. The molecular formula is C44H55N4O10P. The molecule has 3 heterocycles. The summed E-state index contributed by atoms with van der Waals surface area (Å²) in [6, 6.07) is 27.6. The molecule has 0 saturated carbocycles. The largest absolute Gasteiger partial charge is 0.497 e. The molecule has 2 fully saturated rings. The summed E-state index contributed by atoms with van der Waals surface area (Å²) in [4.78, 5) is 28.7. The first kappa shape index (κ1) is 44.1. The number of ether oxygens (including phenoxy) is 6. The smallest absolute Gasteiger partial charge is 0.330 e. The summed E-state index contributed by atoms with van der Waals surface area (Å²) in [5, 5.41) is 9.50. The van der Waals surface area contributed by atoms with Crippen LogP contribution >= 0.6 is 8.53 Å².